The molecule has 0 saturated heterocycles. The van der Waals surface area contributed by atoms with Gasteiger partial charge in [0.15, 0.2) is 5.60 Å². The molecule has 2 rings (SSSR count). The first kappa shape index (κ1) is 15.3. The van der Waals surface area contributed by atoms with Gasteiger partial charge in [-0.3, -0.25) is 14.4 Å². The molecule has 19 heavy (non-hydrogen) atoms. The molecule has 0 aromatic heterocycles. The number of carboxylic acid groups (broad SMARTS) is 2. The summed E-state index contributed by atoms with van der Waals surface area (Å²) in [4.78, 5) is 41.5. The minimum absolute atomic E-state index is 0.0567. The van der Waals surface area contributed by atoms with Gasteiger partial charge in [0.2, 0.25) is 0 Å². The van der Waals surface area contributed by atoms with Crippen molar-refractivity contribution in [1.82, 2.24) is 0 Å². The van der Waals surface area contributed by atoms with Crippen LogP contribution in [0.15, 0.2) is 0 Å². The Kier molecular flexibility index (Phi) is 4.77. The summed E-state index contributed by atoms with van der Waals surface area (Å²) in [6.07, 6.45) is 1.24. The maximum Gasteiger partial charge on any atom is 0.336 e. The van der Waals surface area contributed by atoms with Crippen LogP contribution in [0.5, 0.6) is 0 Å². The number of Topliss-reactive ketones (excluding diaryl/α,β-unsaturated/α-hetero) is 2. The van der Waals surface area contributed by atoms with Crippen molar-refractivity contribution in [2.24, 2.45) is 5.92 Å². The van der Waals surface area contributed by atoms with Crippen molar-refractivity contribution in [3.05, 3.63) is 0 Å². The molecular formula is C12H16O7. The molecule has 0 heterocycles. The van der Waals surface area contributed by atoms with Gasteiger partial charge in [-0.05, 0) is 12.8 Å². The summed E-state index contributed by atoms with van der Waals surface area (Å²) in [6.45, 7) is 0. The average Bonchev–Trinajstić information content (AvgIpc) is 2.87. The van der Waals surface area contributed by atoms with E-state index in [-0.39, 0.29) is 37.2 Å². The molecule has 2 atom stereocenters. The second-order valence-corrected chi connectivity index (χ2v) is 4.87. The van der Waals surface area contributed by atoms with E-state index in [1.165, 1.54) is 0 Å². The second kappa shape index (κ2) is 5.92. The van der Waals surface area contributed by atoms with E-state index in [0.29, 0.717) is 12.8 Å². The molecule has 3 N–H and O–H groups in total. The van der Waals surface area contributed by atoms with Gasteiger partial charge in [-0.25, -0.2) is 4.79 Å². The Morgan fingerprint density at radius 2 is 1.74 bits per heavy atom. The van der Waals surface area contributed by atoms with Crippen molar-refractivity contribution in [1.29, 1.82) is 0 Å². The van der Waals surface area contributed by atoms with E-state index in [9.17, 15) is 19.2 Å². The molecular weight excluding hydrogens is 256 g/mol. The summed E-state index contributed by atoms with van der Waals surface area (Å²) in [5, 5.41) is 25.9. The summed E-state index contributed by atoms with van der Waals surface area (Å²) in [6, 6.07) is 0. The van der Waals surface area contributed by atoms with Crippen molar-refractivity contribution in [2.75, 3.05) is 0 Å². The fourth-order valence-corrected chi connectivity index (χ4v) is 2.06. The van der Waals surface area contributed by atoms with Crippen molar-refractivity contribution >= 4 is 23.5 Å². The van der Waals surface area contributed by atoms with Crippen molar-refractivity contribution in [2.45, 2.75) is 44.1 Å². The van der Waals surface area contributed by atoms with Crippen LogP contribution < -0.4 is 0 Å². The zero-order valence-electron chi connectivity index (χ0n) is 10.3. The molecule has 0 bridgehead atoms. The Hall–Kier alpha value is -1.76. The topological polar surface area (TPSA) is 129 Å². The molecule has 2 saturated carbocycles. The number of hydrogen-bond acceptors (Lipinski definition) is 5. The molecule has 0 aromatic carbocycles. The Morgan fingerprint density at radius 3 is 1.95 bits per heavy atom. The van der Waals surface area contributed by atoms with Crippen molar-refractivity contribution in [3.63, 3.8) is 0 Å². The Bertz CT molecular complexity index is 414. The fraction of sp³-hybridized carbons (Fsp3) is 0.667. The summed E-state index contributed by atoms with van der Waals surface area (Å²) < 4.78 is 0. The molecule has 0 aromatic rings. The highest BCUT2D eigenvalue weighted by Gasteiger charge is 2.43. The molecule has 2 fully saturated rings. The summed E-state index contributed by atoms with van der Waals surface area (Å²) >= 11 is 0. The smallest absolute Gasteiger partial charge is 0.336 e. The minimum atomic E-state index is -1.77. The highest BCUT2D eigenvalue weighted by molar-refractivity contribution is 5.91. The standard InChI is InChI=1S/C6H8O4.C6H8O3/c7-4-1-2-6(10,3-4)5(8)9;7-5-2-1-4(3-5)6(8)9/h10H,1-3H2,(H,8,9);4H,1-3H2,(H,8,9)/t6-;4-/m01/s1. The summed E-state index contributed by atoms with van der Waals surface area (Å²) in [7, 11) is 0. The van der Waals surface area contributed by atoms with E-state index in [1.54, 1.807) is 0 Å². The van der Waals surface area contributed by atoms with Crippen molar-refractivity contribution < 1.29 is 34.5 Å². The van der Waals surface area contributed by atoms with Gasteiger partial charge in [0.25, 0.3) is 0 Å². The van der Waals surface area contributed by atoms with E-state index in [1.807, 2.05) is 0 Å². The van der Waals surface area contributed by atoms with Crippen molar-refractivity contribution in [3.8, 4) is 0 Å². The van der Waals surface area contributed by atoms with Crippen LogP contribution in [-0.4, -0.2) is 44.4 Å². The summed E-state index contributed by atoms with van der Waals surface area (Å²) in [5.74, 6) is -2.61. The van der Waals surface area contributed by atoms with Gasteiger partial charge in [-0.15, -0.1) is 0 Å². The second-order valence-electron chi connectivity index (χ2n) is 4.87. The number of rotatable bonds is 2. The van der Waals surface area contributed by atoms with E-state index < -0.39 is 23.5 Å². The van der Waals surface area contributed by atoms with Crippen LogP contribution in [-0.2, 0) is 19.2 Å². The molecule has 0 amide bonds. The Morgan fingerprint density at radius 1 is 1.11 bits per heavy atom. The number of aliphatic carboxylic acids is 2. The third-order valence-electron chi connectivity index (χ3n) is 3.30. The Balaban J connectivity index is 0.000000191. The third-order valence-corrected chi connectivity index (χ3v) is 3.30. The average molecular weight is 272 g/mol. The number of aliphatic hydroxyl groups is 1. The molecule has 0 aliphatic heterocycles. The molecule has 7 nitrogen and oxygen atoms in total. The molecule has 2 aliphatic carbocycles. The van der Waals surface area contributed by atoms with E-state index in [4.69, 9.17) is 15.3 Å². The maximum absolute atomic E-state index is 10.5. The first-order chi connectivity index (χ1) is 8.74. The van der Waals surface area contributed by atoms with Gasteiger partial charge >= 0.3 is 11.9 Å². The van der Waals surface area contributed by atoms with Gasteiger partial charge in [0, 0.05) is 25.7 Å². The van der Waals surface area contributed by atoms with Gasteiger partial charge in [-0.1, -0.05) is 0 Å². The predicted molar refractivity (Wildman–Crippen MR) is 61.4 cm³/mol. The molecule has 0 spiro atoms. The predicted octanol–water partition coefficient (Wildman–Crippen LogP) is -0.00470. The molecule has 106 valence electrons. The van der Waals surface area contributed by atoms with Crippen LogP contribution in [0.2, 0.25) is 0 Å². The number of ketones is 2. The summed E-state index contributed by atoms with van der Waals surface area (Å²) in [5.41, 5.74) is -1.77. The van der Waals surface area contributed by atoms with Gasteiger partial charge in [0.05, 0.1) is 5.92 Å². The lowest BCUT2D eigenvalue weighted by Gasteiger charge is -2.13. The normalized spacial score (nSPS) is 29.8. The van der Waals surface area contributed by atoms with E-state index >= 15 is 0 Å². The van der Waals surface area contributed by atoms with Crippen LogP contribution in [0.25, 0.3) is 0 Å². The Labute approximate surface area is 109 Å². The third kappa shape index (κ3) is 4.13. The number of carbonyl (C=O) groups is 4. The fourth-order valence-electron chi connectivity index (χ4n) is 2.06. The highest BCUT2D eigenvalue weighted by atomic mass is 16.4. The SMILES string of the molecule is O=C1CC[C@@H](C(=O)O)C1.O=C1CC[C@@](O)(C(=O)O)C1. The minimum Gasteiger partial charge on any atom is -0.481 e. The van der Waals surface area contributed by atoms with Crippen LogP contribution in [0.4, 0.5) is 0 Å². The first-order valence-corrected chi connectivity index (χ1v) is 5.96. The number of carboxylic acids is 2. The number of hydrogen-bond donors (Lipinski definition) is 3. The van der Waals surface area contributed by atoms with E-state index in [0.717, 1.165) is 0 Å². The van der Waals surface area contributed by atoms with Gasteiger partial charge in [0.1, 0.15) is 11.6 Å². The zero-order chi connectivity index (χ0) is 14.6. The zero-order valence-corrected chi connectivity index (χ0v) is 10.3. The highest BCUT2D eigenvalue weighted by Crippen LogP contribution is 2.26. The quantitative estimate of drug-likeness (QED) is 0.644. The first-order valence-electron chi connectivity index (χ1n) is 5.96. The van der Waals surface area contributed by atoms with Crippen LogP contribution >= 0.6 is 0 Å². The lowest BCUT2D eigenvalue weighted by Crippen LogP contribution is -2.35. The monoisotopic (exact) mass is 272 g/mol. The maximum atomic E-state index is 10.5. The van der Waals surface area contributed by atoms with E-state index in [2.05, 4.69) is 0 Å². The molecule has 2 aliphatic rings. The largest absolute Gasteiger partial charge is 0.481 e. The lowest BCUT2D eigenvalue weighted by atomic mass is 10.0. The van der Waals surface area contributed by atoms with Crippen LogP contribution in [0, 0.1) is 5.92 Å². The lowest BCUT2D eigenvalue weighted by molar-refractivity contribution is -0.158. The molecule has 0 radical (unpaired) electrons. The van der Waals surface area contributed by atoms with Crippen LogP contribution in [0.3, 0.4) is 0 Å². The van der Waals surface area contributed by atoms with Gasteiger partial charge in [-0.2, -0.15) is 0 Å². The molecule has 0 unspecified atom stereocenters. The molecule has 7 heteroatoms. The van der Waals surface area contributed by atoms with Gasteiger partial charge < -0.3 is 15.3 Å². The number of carbonyl (C=O) groups excluding carboxylic acids is 2. The van der Waals surface area contributed by atoms with Crippen LogP contribution in [0.1, 0.15) is 38.5 Å².